The van der Waals surface area contributed by atoms with Crippen LogP contribution in [0.1, 0.15) is 0 Å². The number of halogens is 6. The van der Waals surface area contributed by atoms with Crippen LogP contribution in [0, 0.1) is 0 Å². The number of alkyl halides is 6. The second-order valence-corrected chi connectivity index (χ2v) is 2.12. The van der Waals surface area contributed by atoms with Gasteiger partial charge in [0.05, 0.1) is 11.8 Å². The van der Waals surface area contributed by atoms with Crippen molar-refractivity contribution in [1.82, 2.24) is 0 Å². The summed E-state index contributed by atoms with van der Waals surface area (Å²) < 4.78 is 64.8. The summed E-state index contributed by atoms with van der Waals surface area (Å²) in [6.45, 7) is 0. The predicted molar refractivity (Wildman–Crippen MR) is 25.5 cm³/mol. The molecule has 0 rings (SSSR count). The summed E-state index contributed by atoms with van der Waals surface area (Å²) in [6.07, 6.45) is 0. The van der Waals surface area contributed by atoms with Gasteiger partial charge in [0.2, 0.25) is 0 Å². The molecule has 0 spiro atoms. The quantitative estimate of drug-likeness (QED) is 0.404. The van der Waals surface area contributed by atoms with E-state index in [4.69, 9.17) is 0 Å². The molecule has 1 radical (unpaired) electrons. The second kappa shape index (κ2) is 3.79. The third-order valence-corrected chi connectivity index (χ3v) is 0.694. The summed E-state index contributed by atoms with van der Waals surface area (Å²) in [5, 5.41) is 0. The molecule has 0 aliphatic heterocycles. The normalized spacial score (nSPS) is 12.6. The first-order valence-corrected chi connectivity index (χ1v) is 2.36. The number of rotatable bonds is 0. The number of hydrogen-bond acceptors (Lipinski definition) is 1. The van der Waals surface area contributed by atoms with Gasteiger partial charge < -0.3 is 0 Å². The maximum absolute atomic E-state index is 10.8. The molecule has 0 aromatic carbocycles. The number of hydrogen-bond donors (Lipinski definition) is 0. The molecular weight excluding hydrogens is 177 g/mol. The van der Waals surface area contributed by atoms with Crippen LogP contribution in [0.25, 0.3) is 0 Å². The van der Waals surface area contributed by atoms with Gasteiger partial charge in [-0.05, 0) is 0 Å². The van der Waals surface area contributed by atoms with E-state index in [-0.39, 0.29) is 18.9 Å². The van der Waals surface area contributed by atoms with Gasteiger partial charge in [-0.15, -0.1) is 0 Å². The Bertz CT molecular complexity index is 80.9. The van der Waals surface area contributed by atoms with Gasteiger partial charge in [-0.25, -0.2) is 0 Å². The average Bonchev–Trinajstić information content (AvgIpc) is 1.14. The van der Waals surface area contributed by atoms with Gasteiger partial charge in [0.15, 0.2) is 0 Å². The Kier molecular flexibility index (Phi) is 4.98. The van der Waals surface area contributed by atoms with E-state index >= 15 is 0 Å². The molecule has 0 aliphatic rings. The summed E-state index contributed by atoms with van der Waals surface area (Å²) in [5.74, 6) is 0. The van der Waals surface area contributed by atoms with Crippen LogP contribution in [0.15, 0.2) is 0 Å². The minimum Gasteiger partial charge on any atom is -0.160 e. The molecule has 0 bridgehead atoms. The smallest absolute Gasteiger partial charge is 0.160 e. The van der Waals surface area contributed by atoms with Crippen molar-refractivity contribution in [3.05, 3.63) is 0 Å². The molecule has 0 aromatic rings. The van der Waals surface area contributed by atoms with Gasteiger partial charge in [-0.2, -0.15) is 26.3 Å². The Labute approximate surface area is 68.5 Å². The molecule has 0 unspecified atom stereocenters. The molecule has 0 heterocycles. The molecule has 10 heavy (non-hydrogen) atoms. The molecule has 0 aromatic heterocycles. The van der Waals surface area contributed by atoms with Gasteiger partial charge >= 0.3 is 11.0 Å². The fourth-order valence-corrected chi connectivity index (χ4v) is 0.394. The van der Waals surface area contributed by atoms with Crippen LogP contribution in [0.4, 0.5) is 26.3 Å². The molecule has 0 saturated carbocycles. The van der Waals surface area contributed by atoms with Crippen molar-refractivity contribution in [2.75, 3.05) is 0 Å². The van der Waals surface area contributed by atoms with E-state index in [9.17, 15) is 26.3 Å². The Morgan fingerprint density at radius 1 is 0.700 bits per heavy atom. The van der Waals surface area contributed by atoms with Crippen molar-refractivity contribution < 1.29 is 26.3 Å². The zero-order valence-electron chi connectivity index (χ0n) is 4.68. The first-order valence-electron chi connectivity index (χ1n) is 1.54. The van der Waals surface area contributed by atoms with E-state index in [2.05, 4.69) is 0 Å². The minimum absolute atomic E-state index is 0. The molecule has 57 valence electrons. The van der Waals surface area contributed by atoms with Crippen LogP contribution in [-0.2, 0) is 0 Å². The third kappa shape index (κ3) is 11.3. The Hall–Kier alpha value is 0.527. The fourth-order valence-electron chi connectivity index (χ4n) is 0.131. The summed E-state index contributed by atoms with van der Waals surface area (Å²) in [6, 6.07) is 0. The van der Waals surface area contributed by atoms with Crippen molar-refractivity contribution in [2.45, 2.75) is 11.0 Å². The molecule has 0 saturated heterocycles. The van der Waals surface area contributed by atoms with Crippen molar-refractivity contribution in [3.8, 4) is 0 Å². The van der Waals surface area contributed by atoms with Crippen LogP contribution >= 0.6 is 11.8 Å². The molecule has 0 fully saturated rings. The van der Waals surface area contributed by atoms with Crippen LogP contribution in [-0.4, -0.2) is 29.9 Å². The van der Waals surface area contributed by atoms with Crippen molar-refractivity contribution in [1.29, 1.82) is 0 Å². The Balaban J connectivity index is 0. The zero-order chi connectivity index (χ0) is 7.71. The minimum atomic E-state index is -5.22. The first-order chi connectivity index (χ1) is 3.71. The topological polar surface area (TPSA) is 0 Å². The standard InChI is InChI=1S/C2F6S.Li/c3-1(4,5)9-2(6,7)8;. The maximum Gasteiger partial charge on any atom is 0.450 e. The third-order valence-electron chi connectivity index (χ3n) is 0.231. The molecule has 0 amide bonds. The molecular formula is C2F6LiS. The molecule has 0 N–H and O–H groups in total. The maximum atomic E-state index is 10.8. The van der Waals surface area contributed by atoms with Crippen LogP contribution in [0.3, 0.4) is 0 Å². The summed E-state index contributed by atoms with van der Waals surface area (Å²) in [5.41, 5.74) is -10.4. The second-order valence-electron chi connectivity index (χ2n) is 0.994. The Morgan fingerprint density at radius 3 is 0.900 bits per heavy atom. The first kappa shape index (κ1) is 13.1. The SMILES string of the molecule is FC(F)(F)SC(F)(F)F.[Li]. The predicted octanol–water partition coefficient (Wildman–Crippen LogP) is 2.38. The molecule has 0 atom stereocenters. The summed E-state index contributed by atoms with van der Waals surface area (Å²) in [7, 11) is 0. The number of thioether (sulfide) groups is 1. The fraction of sp³-hybridized carbons (Fsp3) is 1.00. The van der Waals surface area contributed by atoms with Crippen molar-refractivity contribution in [3.63, 3.8) is 0 Å². The summed E-state index contributed by atoms with van der Waals surface area (Å²) >= 11 is -1.99. The monoisotopic (exact) mass is 177 g/mol. The average molecular weight is 177 g/mol. The summed E-state index contributed by atoms with van der Waals surface area (Å²) in [4.78, 5) is 0. The zero-order valence-corrected chi connectivity index (χ0v) is 5.49. The Morgan fingerprint density at radius 2 is 0.900 bits per heavy atom. The van der Waals surface area contributed by atoms with Gasteiger partial charge in [0.25, 0.3) is 0 Å². The van der Waals surface area contributed by atoms with Gasteiger partial charge in [-0.3, -0.25) is 0 Å². The van der Waals surface area contributed by atoms with Crippen LogP contribution < -0.4 is 0 Å². The van der Waals surface area contributed by atoms with Gasteiger partial charge in [-0.1, -0.05) is 0 Å². The van der Waals surface area contributed by atoms with Crippen molar-refractivity contribution in [2.24, 2.45) is 0 Å². The van der Waals surface area contributed by atoms with E-state index in [0.29, 0.717) is 0 Å². The molecule has 0 aliphatic carbocycles. The van der Waals surface area contributed by atoms with Crippen LogP contribution in [0.5, 0.6) is 0 Å². The molecule has 8 heteroatoms. The largest absolute Gasteiger partial charge is 0.450 e. The van der Waals surface area contributed by atoms with Gasteiger partial charge in [0, 0.05) is 18.9 Å². The van der Waals surface area contributed by atoms with E-state index in [1.54, 1.807) is 0 Å². The van der Waals surface area contributed by atoms with E-state index < -0.39 is 22.8 Å². The van der Waals surface area contributed by atoms with Crippen LogP contribution in [0.2, 0.25) is 0 Å². The van der Waals surface area contributed by atoms with E-state index in [1.165, 1.54) is 0 Å². The van der Waals surface area contributed by atoms with Crippen molar-refractivity contribution >= 4 is 30.6 Å². The molecule has 0 nitrogen and oxygen atoms in total. The van der Waals surface area contributed by atoms with E-state index in [0.717, 1.165) is 0 Å². The van der Waals surface area contributed by atoms with Gasteiger partial charge in [0.1, 0.15) is 0 Å². The van der Waals surface area contributed by atoms with E-state index in [1.807, 2.05) is 0 Å².